The van der Waals surface area contributed by atoms with Crippen LogP contribution in [0.25, 0.3) is 0 Å². The largest absolute Gasteiger partial charge is 0.375 e. The molecule has 1 amide bonds. The van der Waals surface area contributed by atoms with Crippen molar-refractivity contribution >= 4 is 29.0 Å². The van der Waals surface area contributed by atoms with Crippen LogP contribution in [0.4, 0.5) is 5.69 Å². The van der Waals surface area contributed by atoms with Crippen LogP contribution in [0, 0.1) is 0 Å². The molecular weight excluding hydrogens is 326 g/mol. The highest BCUT2D eigenvalue weighted by Gasteiger charge is 2.52. The molecule has 0 saturated carbocycles. The summed E-state index contributed by atoms with van der Waals surface area (Å²) in [5.41, 5.74) is 1.05. The maximum Gasteiger partial charge on any atom is 0.264 e. The van der Waals surface area contributed by atoms with Crippen molar-refractivity contribution in [2.75, 3.05) is 11.4 Å². The smallest absolute Gasteiger partial charge is 0.264 e. The van der Waals surface area contributed by atoms with Gasteiger partial charge in [0.25, 0.3) is 5.91 Å². The van der Waals surface area contributed by atoms with Gasteiger partial charge < -0.3 is 10.0 Å². The SMILES string of the molecule is O=C(CC1(O)C(=O)N2CCCc3cccc1c32)c1ccc(Cl)cc1. The van der Waals surface area contributed by atoms with Gasteiger partial charge in [0, 0.05) is 22.7 Å². The Kier molecular flexibility index (Phi) is 3.48. The zero-order chi connectivity index (χ0) is 16.9. The number of amides is 1. The van der Waals surface area contributed by atoms with E-state index in [-0.39, 0.29) is 12.2 Å². The Bertz CT molecular complexity index is 846. The van der Waals surface area contributed by atoms with Crippen molar-refractivity contribution in [1.29, 1.82) is 0 Å². The molecule has 2 aromatic rings. The maximum absolute atomic E-state index is 12.8. The quantitative estimate of drug-likeness (QED) is 0.873. The van der Waals surface area contributed by atoms with Crippen LogP contribution >= 0.6 is 11.6 Å². The Morgan fingerprint density at radius 3 is 2.71 bits per heavy atom. The molecule has 2 aromatic carbocycles. The first-order valence-corrected chi connectivity index (χ1v) is 8.34. The molecule has 2 aliphatic heterocycles. The van der Waals surface area contributed by atoms with Gasteiger partial charge in [-0.1, -0.05) is 29.8 Å². The lowest BCUT2D eigenvalue weighted by atomic mass is 9.87. The molecule has 4 rings (SSSR count). The van der Waals surface area contributed by atoms with Crippen LogP contribution in [0.1, 0.15) is 34.3 Å². The van der Waals surface area contributed by atoms with E-state index in [1.54, 1.807) is 35.2 Å². The van der Waals surface area contributed by atoms with Crippen molar-refractivity contribution in [2.24, 2.45) is 0 Å². The van der Waals surface area contributed by atoms with Crippen LogP contribution in [0.15, 0.2) is 42.5 Å². The lowest BCUT2D eigenvalue weighted by Crippen LogP contribution is -2.42. The van der Waals surface area contributed by atoms with Gasteiger partial charge in [0.15, 0.2) is 11.4 Å². The van der Waals surface area contributed by atoms with E-state index < -0.39 is 11.5 Å². The minimum Gasteiger partial charge on any atom is -0.375 e. The molecule has 4 nitrogen and oxygen atoms in total. The molecule has 1 unspecified atom stereocenters. The number of halogens is 1. The van der Waals surface area contributed by atoms with E-state index >= 15 is 0 Å². The number of para-hydroxylation sites is 1. The van der Waals surface area contributed by atoms with Gasteiger partial charge in [0.05, 0.1) is 12.1 Å². The number of nitrogens with zero attached hydrogens (tertiary/aromatic N) is 1. The second-order valence-corrected chi connectivity index (χ2v) is 6.78. The van der Waals surface area contributed by atoms with E-state index in [4.69, 9.17) is 11.6 Å². The summed E-state index contributed by atoms with van der Waals surface area (Å²) in [5, 5.41) is 11.7. The number of Topliss-reactive ketones (excluding diaryl/α,β-unsaturated/α-hetero) is 1. The van der Waals surface area contributed by atoms with Crippen LogP contribution in [0.2, 0.25) is 5.02 Å². The van der Waals surface area contributed by atoms with Gasteiger partial charge in [-0.25, -0.2) is 0 Å². The highest BCUT2D eigenvalue weighted by Crippen LogP contribution is 2.46. The second-order valence-electron chi connectivity index (χ2n) is 6.34. The van der Waals surface area contributed by atoms with Crippen molar-refractivity contribution in [3.05, 3.63) is 64.2 Å². The molecule has 5 heteroatoms. The summed E-state index contributed by atoms with van der Waals surface area (Å²) < 4.78 is 0. The summed E-state index contributed by atoms with van der Waals surface area (Å²) in [4.78, 5) is 27.0. The first-order chi connectivity index (χ1) is 11.5. The van der Waals surface area contributed by atoms with Crippen LogP contribution in [-0.4, -0.2) is 23.3 Å². The zero-order valence-electron chi connectivity index (χ0n) is 13.0. The monoisotopic (exact) mass is 341 g/mol. The summed E-state index contributed by atoms with van der Waals surface area (Å²) in [7, 11) is 0. The average Bonchev–Trinajstić information content (AvgIpc) is 2.80. The Morgan fingerprint density at radius 2 is 1.96 bits per heavy atom. The predicted molar refractivity (Wildman–Crippen MR) is 91.4 cm³/mol. The highest BCUT2D eigenvalue weighted by atomic mass is 35.5. The van der Waals surface area contributed by atoms with Crippen LogP contribution < -0.4 is 4.90 Å². The first kappa shape index (κ1) is 15.4. The van der Waals surface area contributed by atoms with Crippen molar-refractivity contribution in [1.82, 2.24) is 0 Å². The molecule has 0 bridgehead atoms. The Hall–Kier alpha value is -2.17. The summed E-state index contributed by atoms with van der Waals surface area (Å²) in [6, 6.07) is 12.0. The maximum atomic E-state index is 12.8. The summed E-state index contributed by atoms with van der Waals surface area (Å²) in [6.45, 7) is 0.584. The molecule has 0 aliphatic carbocycles. The van der Waals surface area contributed by atoms with E-state index in [1.807, 2.05) is 12.1 Å². The molecule has 1 N–H and O–H groups in total. The van der Waals surface area contributed by atoms with Crippen LogP contribution in [0.3, 0.4) is 0 Å². The average molecular weight is 342 g/mol. The van der Waals surface area contributed by atoms with Gasteiger partial charge in [-0.3, -0.25) is 9.59 Å². The van der Waals surface area contributed by atoms with Gasteiger partial charge >= 0.3 is 0 Å². The number of carbonyl (C=O) groups excluding carboxylic acids is 2. The summed E-state index contributed by atoms with van der Waals surface area (Å²) in [5.74, 6) is -0.674. The molecule has 122 valence electrons. The summed E-state index contributed by atoms with van der Waals surface area (Å²) in [6.07, 6.45) is 1.48. The molecule has 0 fully saturated rings. The van der Waals surface area contributed by atoms with Gasteiger partial charge in [0.2, 0.25) is 0 Å². The molecule has 0 spiro atoms. The number of carbonyl (C=O) groups is 2. The molecule has 24 heavy (non-hydrogen) atoms. The molecular formula is C19H16ClNO3. The number of rotatable bonds is 3. The predicted octanol–water partition coefficient (Wildman–Crippen LogP) is 3.09. The van der Waals surface area contributed by atoms with E-state index in [1.165, 1.54) is 0 Å². The number of hydrogen-bond donors (Lipinski definition) is 1. The molecule has 0 saturated heterocycles. The lowest BCUT2D eigenvalue weighted by Gasteiger charge is -2.25. The van der Waals surface area contributed by atoms with E-state index in [0.717, 1.165) is 24.1 Å². The van der Waals surface area contributed by atoms with Crippen LogP contribution in [0.5, 0.6) is 0 Å². The fraction of sp³-hybridized carbons (Fsp3) is 0.263. The van der Waals surface area contributed by atoms with Crippen molar-refractivity contribution in [3.63, 3.8) is 0 Å². The third kappa shape index (κ3) is 2.18. The highest BCUT2D eigenvalue weighted by molar-refractivity contribution is 6.30. The summed E-state index contributed by atoms with van der Waals surface area (Å²) >= 11 is 5.84. The van der Waals surface area contributed by atoms with Gasteiger partial charge in [0.1, 0.15) is 0 Å². The molecule has 2 aliphatic rings. The number of hydrogen-bond acceptors (Lipinski definition) is 3. The lowest BCUT2D eigenvalue weighted by molar-refractivity contribution is -0.135. The Balaban J connectivity index is 1.73. The Morgan fingerprint density at radius 1 is 1.21 bits per heavy atom. The number of anilines is 1. The normalized spacial score (nSPS) is 21.8. The van der Waals surface area contributed by atoms with Crippen molar-refractivity contribution in [3.8, 4) is 0 Å². The number of benzene rings is 2. The number of ketones is 1. The molecule has 1 atom stereocenters. The number of aliphatic hydroxyl groups is 1. The third-order valence-electron chi connectivity index (χ3n) is 4.84. The molecule has 0 radical (unpaired) electrons. The zero-order valence-corrected chi connectivity index (χ0v) is 13.7. The fourth-order valence-corrected chi connectivity index (χ4v) is 3.79. The standard InChI is InChI=1S/C19H16ClNO3/c20-14-8-6-12(7-9-14)16(22)11-19(24)15-5-1-3-13-4-2-10-21(17(13)15)18(19)23/h1,3,5-9,24H,2,4,10-11H2. The minimum atomic E-state index is -1.79. The third-order valence-corrected chi connectivity index (χ3v) is 5.10. The fourth-order valence-electron chi connectivity index (χ4n) is 3.67. The van der Waals surface area contributed by atoms with Crippen molar-refractivity contribution in [2.45, 2.75) is 24.9 Å². The first-order valence-electron chi connectivity index (χ1n) is 7.96. The van der Waals surface area contributed by atoms with E-state index in [9.17, 15) is 14.7 Å². The molecule has 2 heterocycles. The van der Waals surface area contributed by atoms with E-state index in [0.29, 0.717) is 22.7 Å². The Labute approximate surface area is 144 Å². The van der Waals surface area contributed by atoms with Gasteiger partial charge in [-0.15, -0.1) is 0 Å². The second kappa shape index (κ2) is 5.43. The van der Waals surface area contributed by atoms with Gasteiger partial charge in [-0.2, -0.15) is 0 Å². The van der Waals surface area contributed by atoms with Crippen LogP contribution in [-0.2, 0) is 16.8 Å². The molecule has 0 aromatic heterocycles. The van der Waals surface area contributed by atoms with E-state index in [2.05, 4.69) is 0 Å². The van der Waals surface area contributed by atoms with Gasteiger partial charge in [-0.05, 0) is 42.7 Å². The minimum absolute atomic E-state index is 0.263. The van der Waals surface area contributed by atoms with Crippen molar-refractivity contribution < 1.29 is 14.7 Å². The number of aryl methyl sites for hydroxylation is 1. The topological polar surface area (TPSA) is 57.6 Å².